The molecular weight excluding hydrogens is 400 g/mol. The van der Waals surface area contributed by atoms with Crippen LogP contribution in [0.2, 0.25) is 0 Å². The number of esters is 3. The molecule has 2 aliphatic heterocycles. The molecule has 5 atom stereocenters. The van der Waals surface area contributed by atoms with Gasteiger partial charge in [0.25, 0.3) is 5.91 Å². The minimum absolute atomic E-state index is 0.261. The van der Waals surface area contributed by atoms with Gasteiger partial charge in [-0.05, 0) is 6.92 Å². The highest BCUT2D eigenvalue weighted by Gasteiger charge is 2.54. The molecule has 0 bridgehead atoms. The molecule has 156 valence electrons. The Hall–Kier alpha value is -2.40. The van der Waals surface area contributed by atoms with Gasteiger partial charge in [0.15, 0.2) is 12.3 Å². The summed E-state index contributed by atoms with van der Waals surface area (Å²) in [5.41, 5.74) is -1.66. The van der Waals surface area contributed by atoms with E-state index in [0.29, 0.717) is 0 Å². The molecule has 1 N–H and O–H groups in total. The Labute approximate surface area is 165 Å². The summed E-state index contributed by atoms with van der Waals surface area (Å²) in [5.74, 6) is -2.73. The molecule has 2 saturated heterocycles. The van der Waals surface area contributed by atoms with E-state index in [4.69, 9.17) is 30.5 Å². The van der Waals surface area contributed by atoms with Gasteiger partial charge in [-0.25, -0.2) is 4.79 Å². The molecule has 0 aromatic carbocycles. The number of hydrogen-bond donors (Lipinski definition) is 1. The zero-order chi connectivity index (χ0) is 21.2. The average molecular weight is 421 g/mol. The minimum atomic E-state index is -1.66. The summed E-state index contributed by atoms with van der Waals surface area (Å²) in [4.78, 5) is 59.4. The maximum absolute atomic E-state index is 12.3. The Bertz CT molecular complexity index is 700. The maximum atomic E-state index is 12.3. The molecule has 1 unspecified atom stereocenters. The van der Waals surface area contributed by atoms with E-state index < -0.39 is 59.3 Å². The van der Waals surface area contributed by atoms with Crippen LogP contribution in [0.5, 0.6) is 0 Å². The van der Waals surface area contributed by atoms with Crippen molar-refractivity contribution < 1.29 is 42.9 Å². The predicted molar refractivity (Wildman–Crippen MR) is 90.9 cm³/mol. The molecule has 0 aliphatic carbocycles. The van der Waals surface area contributed by atoms with Gasteiger partial charge in [0, 0.05) is 20.8 Å². The van der Waals surface area contributed by atoms with Crippen molar-refractivity contribution in [3.05, 3.63) is 0 Å². The number of amides is 3. The Morgan fingerprint density at radius 1 is 1.21 bits per heavy atom. The molecule has 11 nitrogen and oxygen atoms in total. The van der Waals surface area contributed by atoms with Gasteiger partial charge in [0.05, 0.1) is 6.54 Å². The van der Waals surface area contributed by atoms with Crippen molar-refractivity contribution in [2.75, 3.05) is 13.2 Å². The molecule has 0 spiro atoms. The monoisotopic (exact) mass is 420 g/mol. The lowest BCUT2D eigenvalue weighted by molar-refractivity contribution is -0.172. The molecule has 0 aromatic heterocycles. The summed E-state index contributed by atoms with van der Waals surface area (Å²) < 4.78 is 20.8. The normalized spacial score (nSPS) is 32.5. The zero-order valence-electron chi connectivity index (χ0n) is 15.7. The summed E-state index contributed by atoms with van der Waals surface area (Å²) in [6.45, 7) is 4.23. The van der Waals surface area contributed by atoms with Gasteiger partial charge in [-0.2, -0.15) is 0 Å². The number of halogens is 1. The van der Waals surface area contributed by atoms with Crippen LogP contribution >= 0.6 is 11.6 Å². The number of carbonyl (C=O) groups excluding carboxylic acids is 5. The van der Waals surface area contributed by atoms with E-state index >= 15 is 0 Å². The van der Waals surface area contributed by atoms with Crippen LogP contribution < -0.4 is 5.32 Å². The SMILES string of the molecule is CC(=O)OC[C@H]1O[C@@H](N2CC(C)(OC(C)=O)C(=O)NC2=O)[C@H](Cl)[C@@H]1OC(C)=O. The molecular formula is C16H21ClN2O9. The third-order valence-electron chi connectivity index (χ3n) is 4.13. The molecule has 0 aromatic rings. The van der Waals surface area contributed by atoms with E-state index in [1.807, 2.05) is 0 Å². The van der Waals surface area contributed by atoms with Crippen LogP contribution in [0, 0.1) is 0 Å². The first kappa shape index (κ1) is 21.9. The Kier molecular flexibility index (Phi) is 6.50. The second-order valence-corrected chi connectivity index (χ2v) is 7.10. The van der Waals surface area contributed by atoms with Gasteiger partial charge in [-0.1, -0.05) is 0 Å². The fraction of sp³-hybridized carbons (Fsp3) is 0.688. The molecule has 0 radical (unpaired) electrons. The topological polar surface area (TPSA) is 138 Å². The third kappa shape index (κ3) is 4.71. The second kappa shape index (κ2) is 8.31. The van der Waals surface area contributed by atoms with E-state index in [0.717, 1.165) is 11.8 Å². The number of rotatable bonds is 5. The van der Waals surface area contributed by atoms with E-state index in [1.54, 1.807) is 0 Å². The molecule has 2 fully saturated rings. The maximum Gasteiger partial charge on any atom is 0.326 e. The van der Waals surface area contributed by atoms with Crippen LogP contribution in [0.4, 0.5) is 4.79 Å². The third-order valence-corrected chi connectivity index (χ3v) is 4.59. The first-order chi connectivity index (χ1) is 12.9. The summed E-state index contributed by atoms with van der Waals surface area (Å²) >= 11 is 6.38. The first-order valence-corrected chi connectivity index (χ1v) is 8.80. The molecule has 12 heteroatoms. The summed E-state index contributed by atoms with van der Waals surface area (Å²) in [6.07, 6.45) is -3.10. The number of ether oxygens (including phenoxy) is 4. The van der Waals surface area contributed by atoms with Crippen molar-refractivity contribution in [3.8, 4) is 0 Å². The summed E-state index contributed by atoms with van der Waals surface area (Å²) in [6, 6.07) is -0.819. The number of nitrogens with one attached hydrogen (secondary N) is 1. The van der Waals surface area contributed by atoms with Crippen LogP contribution in [-0.4, -0.2) is 77.3 Å². The number of imide groups is 1. The van der Waals surface area contributed by atoms with Gasteiger partial charge in [-0.15, -0.1) is 11.6 Å². The first-order valence-electron chi connectivity index (χ1n) is 8.36. The van der Waals surface area contributed by atoms with Crippen molar-refractivity contribution in [3.63, 3.8) is 0 Å². The Morgan fingerprint density at radius 3 is 2.39 bits per heavy atom. The number of carbonyl (C=O) groups is 5. The molecule has 28 heavy (non-hydrogen) atoms. The smallest absolute Gasteiger partial charge is 0.326 e. The molecule has 2 aliphatic rings. The van der Waals surface area contributed by atoms with Crippen LogP contribution in [-0.2, 0) is 38.1 Å². The highest BCUT2D eigenvalue weighted by Crippen LogP contribution is 2.33. The highest BCUT2D eigenvalue weighted by molar-refractivity contribution is 6.22. The lowest BCUT2D eigenvalue weighted by Gasteiger charge is -2.41. The molecule has 2 heterocycles. The van der Waals surface area contributed by atoms with Crippen molar-refractivity contribution in [2.24, 2.45) is 0 Å². The largest absolute Gasteiger partial charge is 0.463 e. The number of hydrogen-bond acceptors (Lipinski definition) is 9. The lowest BCUT2D eigenvalue weighted by Crippen LogP contribution is -2.67. The van der Waals surface area contributed by atoms with Gasteiger partial charge in [-0.3, -0.25) is 29.4 Å². The van der Waals surface area contributed by atoms with E-state index in [1.165, 1.54) is 20.8 Å². The lowest BCUT2D eigenvalue weighted by atomic mass is 10.0. The molecule has 3 amide bonds. The van der Waals surface area contributed by atoms with Gasteiger partial charge in [0.2, 0.25) is 5.60 Å². The summed E-state index contributed by atoms with van der Waals surface area (Å²) in [7, 11) is 0. The zero-order valence-corrected chi connectivity index (χ0v) is 16.5. The fourth-order valence-electron chi connectivity index (χ4n) is 2.98. The Balaban J connectivity index is 2.24. The quantitative estimate of drug-likeness (QED) is 0.360. The van der Waals surface area contributed by atoms with Gasteiger partial charge >= 0.3 is 23.9 Å². The Morgan fingerprint density at radius 2 is 1.86 bits per heavy atom. The van der Waals surface area contributed by atoms with Crippen molar-refractivity contribution >= 4 is 41.4 Å². The average Bonchev–Trinajstić information content (AvgIpc) is 2.84. The predicted octanol–water partition coefficient (Wildman–Crippen LogP) is -0.313. The van der Waals surface area contributed by atoms with Crippen LogP contribution in [0.15, 0.2) is 0 Å². The number of urea groups is 1. The standard InChI is InChI=1S/C16H21ClN2O9/c1-7(20)25-5-10-12(26-8(2)21)11(17)13(27-10)19-6-16(4,28-9(3)22)14(23)18-15(19)24/h10-13H,5-6H2,1-4H3,(H,18,23,24)/t10-,11-,12-,13-,16?/m1/s1. The second-order valence-electron chi connectivity index (χ2n) is 6.60. The molecule has 2 rings (SSSR count). The van der Waals surface area contributed by atoms with Crippen molar-refractivity contribution in [2.45, 2.75) is 57.1 Å². The van der Waals surface area contributed by atoms with Crippen LogP contribution in [0.1, 0.15) is 27.7 Å². The number of alkyl halides is 1. The number of nitrogens with zero attached hydrogens (tertiary/aromatic N) is 1. The van der Waals surface area contributed by atoms with Crippen molar-refractivity contribution in [1.29, 1.82) is 0 Å². The van der Waals surface area contributed by atoms with Crippen molar-refractivity contribution in [1.82, 2.24) is 10.2 Å². The highest BCUT2D eigenvalue weighted by atomic mass is 35.5. The van der Waals surface area contributed by atoms with E-state index in [9.17, 15) is 24.0 Å². The van der Waals surface area contributed by atoms with Gasteiger partial charge < -0.3 is 18.9 Å². The molecule has 0 saturated carbocycles. The van der Waals surface area contributed by atoms with Gasteiger partial charge in [0.1, 0.15) is 18.1 Å². The fourth-order valence-corrected chi connectivity index (χ4v) is 3.39. The minimum Gasteiger partial charge on any atom is -0.463 e. The van der Waals surface area contributed by atoms with Crippen LogP contribution in [0.3, 0.4) is 0 Å². The van der Waals surface area contributed by atoms with Crippen LogP contribution in [0.25, 0.3) is 0 Å². The van der Waals surface area contributed by atoms with E-state index in [2.05, 4.69) is 5.32 Å². The summed E-state index contributed by atoms with van der Waals surface area (Å²) in [5, 5.41) is 1.05. The van der Waals surface area contributed by atoms with E-state index in [-0.39, 0.29) is 13.2 Å².